The van der Waals surface area contributed by atoms with Gasteiger partial charge in [-0.15, -0.1) is 0 Å². The highest BCUT2D eigenvalue weighted by Crippen LogP contribution is 2.37. The zero-order valence-electron chi connectivity index (χ0n) is 11.3. The molecule has 3 nitrogen and oxygen atoms in total. The molecular weight excluding hydrogens is 351 g/mol. The van der Waals surface area contributed by atoms with Crippen molar-refractivity contribution >= 4 is 50.7 Å². The van der Waals surface area contributed by atoms with Crippen LogP contribution in [-0.2, 0) is 4.79 Å². The minimum absolute atomic E-state index is 0.208. The van der Waals surface area contributed by atoms with Crippen LogP contribution in [0.2, 0.25) is 10.0 Å². The van der Waals surface area contributed by atoms with Gasteiger partial charge in [-0.3, -0.25) is 4.79 Å². The van der Waals surface area contributed by atoms with Crippen LogP contribution in [0.4, 0.5) is 5.69 Å². The third-order valence-electron chi connectivity index (χ3n) is 3.46. The van der Waals surface area contributed by atoms with E-state index < -0.39 is 11.0 Å². The van der Waals surface area contributed by atoms with Crippen LogP contribution in [0.15, 0.2) is 16.6 Å². The number of hydrogen-bond donors (Lipinski definition) is 2. The number of carbonyl (C=O) groups excluding carboxylic acids is 1. The highest BCUT2D eigenvalue weighted by molar-refractivity contribution is 9.10. The number of amides is 1. The maximum Gasteiger partial charge on any atom is 0.231 e. The van der Waals surface area contributed by atoms with Gasteiger partial charge in [0.15, 0.2) is 0 Å². The normalized spacial score (nSPS) is 12.4. The Morgan fingerprint density at radius 2 is 1.74 bits per heavy atom. The molecule has 0 aromatic heterocycles. The largest absolute Gasteiger partial charge is 0.325 e. The lowest BCUT2D eigenvalue weighted by molar-refractivity contribution is -0.126. The summed E-state index contributed by atoms with van der Waals surface area (Å²) in [6.45, 7) is 7.19. The summed E-state index contributed by atoms with van der Waals surface area (Å²) < 4.78 is 0.676. The first-order valence-electron chi connectivity index (χ1n) is 5.72. The molecule has 0 heterocycles. The SMILES string of the molecule is CC(C)(N)C(C)(C)C(=O)Nc1ccc(Br)c(Cl)c1Cl. The highest BCUT2D eigenvalue weighted by atomic mass is 79.9. The lowest BCUT2D eigenvalue weighted by atomic mass is 9.74. The Labute approximate surface area is 132 Å². The summed E-state index contributed by atoms with van der Waals surface area (Å²) in [7, 11) is 0. The fourth-order valence-electron chi connectivity index (χ4n) is 1.19. The Morgan fingerprint density at radius 1 is 1.21 bits per heavy atom. The van der Waals surface area contributed by atoms with Crippen LogP contribution in [0, 0.1) is 5.41 Å². The molecule has 0 atom stereocenters. The summed E-state index contributed by atoms with van der Waals surface area (Å²) in [4.78, 5) is 12.3. The van der Waals surface area contributed by atoms with Crippen molar-refractivity contribution in [1.29, 1.82) is 0 Å². The maximum absolute atomic E-state index is 12.3. The van der Waals surface area contributed by atoms with Gasteiger partial charge in [-0.1, -0.05) is 23.2 Å². The van der Waals surface area contributed by atoms with Crippen molar-refractivity contribution in [2.45, 2.75) is 33.2 Å². The van der Waals surface area contributed by atoms with Gasteiger partial charge in [0.2, 0.25) is 5.91 Å². The Hall–Kier alpha value is -0.290. The van der Waals surface area contributed by atoms with Gasteiger partial charge in [0, 0.05) is 10.0 Å². The molecule has 0 radical (unpaired) electrons. The molecule has 0 saturated carbocycles. The Morgan fingerprint density at radius 3 is 2.21 bits per heavy atom. The topological polar surface area (TPSA) is 55.1 Å². The fourth-order valence-corrected chi connectivity index (χ4v) is 2.01. The van der Waals surface area contributed by atoms with Crippen LogP contribution in [0.25, 0.3) is 0 Å². The number of nitrogens with one attached hydrogen (secondary N) is 1. The minimum atomic E-state index is -0.754. The van der Waals surface area contributed by atoms with E-state index in [1.54, 1.807) is 26.0 Å². The number of carbonyl (C=O) groups is 1. The molecule has 3 N–H and O–H groups in total. The molecule has 0 fully saturated rings. The molecule has 0 spiro atoms. The molecule has 1 rings (SSSR count). The molecule has 19 heavy (non-hydrogen) atoms. The fraction of sp³-hybridized carbons (Fsp3) is 0.462. The molecule has 0 aliphatic heterocycles. The van der Waals surface area contributed by atoms with Gasteiger partial charge in [0.05, 0.1) is 21.1 Å². The van der Waals surface area contributed by atoms with Gasteiger partial charge in [0.25, 0.3) is 0 Å². The van der Waals surface area contributed by atoms with Gasteiger partial charge in [-0.25, -0.2) is 0 Å². The summed E-state index contributed by atoms with van der Waals surface area (Å²) in [5, 5.41) is 3.43. The smallest absolute Gasteiger partial charge is 0.231 e. The van der Waals surface area contributed by atoms with Crippen molar-refractivity contribution in [3.63, 3.8) is 0 Å². The van der Waals surface area contributed by atoms with Crippen molar-refractivity contribution in [3.8, 4) is 0 Å². The standard InChI is InChI=1S/C13H17BrCl2N2O/c1-12(2,13(3,4)17)11(19)18-8-6-5-7(14)9(15)10(8)16/h5-6H,17H2,1-4H3,(H,18,19). The van der Waals surface area contributed by atoms with E-state index in [4.69, 9.17) is 28.9 Å². The molecule has 0 aliphatic rings. The summed E-state index contributed by atoms with van der Waals surface area (Å²) in [6, 6.07) is 3.42. The lowest BCUT2D eigenvalue weighted by Gasteiger charge is -2.37. The molecule has 0 bridgehead atoms. The number of anilines is 1. The van der Waals surface area contributed by atoms with Crippen LogP contribution in [-0.4, -0.2) is 11.4 Å². The Balaban J connectivity index is 3.05. The van der Waals surface area contributed by atoms with Gasteiger partial charge in [-0.05, 0) is 55.8 Å². The number of halogens is 3. The van der Waals surface area contributed by atoms with Gasteiger partial charge >= 0.3 is 0 Å². The van der Waals surface area contributed by atoms with Crippen molar-refractivity contribution in [2.24, 2.45) is 11.1 Å². The van der Waals surface area contributed by atoms with E-state index in [-0.39, 0.29) is 5.91 Å². The second kappa shape index (κ2) is 5.60. The first-order valence-corrected chi connectivity index (χ1v) is 7.27. The van der Waals surface area contributed by atoms with Crippen LogP contribution >= 0.6 is 39.1 Å². The number of benzene rings is 1. The number of hydrogen-bond acceptors (Lipinski definition) is 2. The maximum atomic E-state index is 12.3. The van der Waals surface area contributed by atoms with Crippen molar-refractivity contribution in [3.05, 3.63) is 26.7 Å². The zero-order valence-corrected chi connectivity index (χ0v) is 14.4. The van der Waals surface area contributed by atoms with E-state index >= 15 is 0 Å². The number of rotatable bonds is 3. The molecule has 0 aliphatic carbocycles. The predicted molar refractivity (Wildman–Crippen MR) is 84.8 cm³/mol. The van der Waals surface area contributed by atoms with Crippen LogP contribution in [0.1, 0.15) is 27.7 Å². The van der Waals surface area contributed by atoms with E-state index in [1.807, 2.05) is 13.8 Å². The monoisotopic (exact) mass is 366 g/mol. The average Bonchev–Trinajstić information content (AvgIpc) is 2.28. The van der Waals surface area contributed by atoms with E-state index in [2.05, 4.69) is 21.2 Å². The first kappa shape index (κ1) is 16.8. The summed E-state index contributed by atoms with van der Waals surface area (Å²) in [5.41, 5.74) is 5.08. The summed E-state index contributed by atoms with van der Waals surface area (Å²) in [6.07, 6.45) is 0. The minimum Gasteiger partial charge on any atom is -0.325 e. The van der Waals surface area contributed by atoms with E-state index in [0.717, 1.165) is 0 Å². The number of nitrogens with two attached hydrogens (primary N) is 1. The Kier molecular flexibility index (Phi) is 4.94. The quantitative estimate of drug-likeness (QED) is 0.775. The predicted octanol–water partition coefficient (Wildman–Crippen LogP) is 4.46. The lowest BCUT2D eigenvalue weighted by Crippen LogP contribution is -2.53. The second-order valence-electron chi connectivity index (χ2n) is 5.52. The van der Waals surface area contributed by atoms with E-state index in [1.165, 1.54) is 0 Å². The van der Waals surface area contributed by atoms with Gasteiger partial charge in [-0.2, -0.15) is 0 Å². The van der Waals surface area contributed by atoms with Crippen LogP contribution in [0.3, 0.4) is 0 Å². The average molecular weight is 368 g/mol. The molecule has 106 valence electrons. The van der Waals surface area contributed by atoms with Gasteiger partial charge in [0.1, 0.15) is 0 Å². The first-order chi connectivity index (χ1) is 8.48. The van der Waals surface area contributed by atoms with Crippen LogP contribution < -0.4 is 11.1 Å². The molecule has 1 aromatic carbocycles. The van der Waals surface area contributed by atoms with Crippen molar-refractivity contribution in [1.82, 2.24) is 0 Å². The third kappa shape index (κ3) is 3.43. The van der Waals surface area contributed by atoms with E-state index in [0.29, 0.717) is 20.2 Å². The van der Waals surface area contributed by atoms with Crippen LogP contribution in [0.5, 0.6) is 0 Å². The van der Waals surface area contributed by atoms with E-state index in [9.17, 15) is 4.79 Å². The highest BCUT2D eigenvalue weighted by Gasteiger charge is 2.40. The summed E-state index contributed by atoms with van der Waals surface area (Å²) in [5.74, 6) is -0.208. The zero-order chi connectivity index (χ0) is 15.0. The summed E-state index contributed by atoms with van der Waals surface area (Å²) >= 11 is 15.4. The molecule has 1 amide bonds. The molecule has 6 heteroatoms. The Bertz CT molecular complexity index is 510. The molecular formula is C13H17BrCl2N2O. The van der Waals surface area contributed by atoms with Gasteiger partial charge < -0.3 is 11.1 Å². The van der Waals surface area contributed by atoms with Crippen molar-refractivity contribution < 1.29 is 4.79 Å². The second-order valence-corrected chi connectivity index (χ2v) is 7.13. The van der Waals surface area contributed by atoms with Crippen molar-refractivity contribution in [2.75, 3.05) is 5.32 Å². The molecule has 0 unspecified atom stereocenters. The molecule has 0 saturated heterocycles. The third-order valence-corrected chi connectivity index (χ3v) is 5.23. The molecule has 1 aromatic rings.